The maximum Gasteiger partial charge on any atom is 0.338 e. The van der Waals surface area contributed by atoms with Gasteiger partial charge in [0.15, 0.2) is 16.4 Å². The Kier molecular flexibility index (Phi) is 5.46. The average molecular weight is 350 g/mol. The second kappa shape index (κ2) is 7.35. The van der Waals surface area contributed by atoms with Crippen molar-refractivity contribution in [1.82, 2.24) is 0 Å². The minimum absolute atomic E-state index is 0.131. The normalized spacial score (nSPS) is 11.1. The second-order valence-electron chi connectivity index (χ2n) is 5.25. The third kappa shape index (κ3) is 4.99. The van der Waals surface area contributed by atoms with E-state index in [-0.39, 0.29) is 16.9 Å². The minimum Gasteiger partial charge on any atom is -0.454 e. The van der Waals surface area contributed by atoms with Gasteiger partial charge in [0.25, 0.3) is 0 Å². The number of carbonyl (C=O) groups is 2. The van der Waals surface area contributed by atoms with Gasteiger partial charge in [-0.3, -0.25) is 4.79 Å². The second-order valence-corrected chi connectivity index (χ2v) is 7.39. The van der Waals surface area contributed by atoms with Crippen LogP contribution < -0.4 is 0 Å². The van der Waals surface area contributed by atoms with Crippen LogP contribution in [-0.4, -0.2) is 33.0 Å². The van der Waals surface area contributed by atoms with Crippen molar-refractivity contribution in [2.24, 2.45) is 0 Å². The van der Waals surface area contributed by atoms with Gasteiger partial charge >= 0.3 is 5.97 Å². The monoisotopic (exact) mass is 350 g/mol. The maximum atomic E-state index is 13.5. The predicted octanol–water partition coefficient (Wildman–Crippen LogP) is 2.41. The Morgan fingerprint density at radius 3 is 2.25 bits per heavy atom. The van der Waals surface area contributed by atoms with Gasteiger partial charge in [0.05, 0.1) is 16.9 Å². The van der Waals surface area contributed by atoms with Gasteiger partial charge < -0.3 is 4.74 Å². The van der Waals surface area contributed by atoms with Crippen LogP contribution >= 0.6 is 0 Å². The van der Waals surface area contributed by atoms with E-state index in [1.54, 1.807) is 0 Å². The maximum absolute atomic E-state index is 13.5. The number of benzene rings is 2. The van der Waals surface area contributed by atoms with Crippen LogP contribution in [0.5, 0.6) is 0 Å². The third-order valence-electron chi connectivity index (χ3n) is 3.13. The standard InChI is InChI=1S/C17H15FO5S/c1-24(21,22)11-12-6-8-13(9-7-12)17(20)23-10-16(19)14-4-2-3-5-15(14)18/h2-9H,10-11H2,1H3. The summed E-state index contributed by atoms with van der Waals surface area (Å²) in [6.07, 6.45) is 1.11. The van der Waals surface area contributed by atoms with E-state index < -0.39 is 34.0 Å². The SMILES string of the molecule is CS(=O)(=O)Cc1ccc(C(=O)OCC(=O)c2ccccc2F)cc1. The summed E-state index contributed by atoms with van der Waals surface area (Å²) in [5.74, 6) is -2.20. The number of Topliss-reactive ketones (excluding diaryl/α,β-unsaturated/α-hetero) is 1. The fraction of sp³-hybridized carbons (Fsp3) is 0.176. The van der Waals surface area contributed by atoms with Crippen LogP contribution in [0.4, 0.5) is 4.39 Å². The fourth-order valence-corrected chi connectivity index (χ4v) is 2.82. The molecule has 0 aromatic heterocycles. The zero-order valence-corrected chi connectivity index (χ0v) is 13.7. The number of carbonyl (C=O) groups excluding carboxylic acids is 2. The molecule has 0 atom stereocenters. The van der Waals surface area contributed by atoms with Crippen molar-refractivity contribution >= 4 is 21.6 Å². The fourth-order valence-electron chi connectivity index (χ4n) is 2.02. The summed E-state index contributed by atoms with van der Waals surface area (Å²) in [6, 6.07) is 11.2. The summed E-state index contributed by atoms with van der Waals surface area (Å²) in [7, 11) is -3.16. The number of rotatable bonds is 6. The highest BCUT2D eigenvalue weighted by Crippen LogP contribution is 2.11. The van der Waals surface area contributed by atoms with Crippen LogP contribution in [0, 0.1) is 5.82 Å². The van der Waals surface area contributed by atoms with E-state index in [1.165, 1.54) is 42.5 Å². The Morgan fingerprint density at radius 1 is 1.04 bits per heavy atom. The van der Waals surface area contributed by atoms with E-state index in [9.17, 15) is 22.4 Å². The zero-order valence-electron chi connectivity index (χ0n) is 12.9. The Balaban J connectivity index is 1.98. The van der Waals surface area contributed by atoms with Crippen LogP contribution in [0.2, 0.25) is 0 Å². The lowest BCUT2D eigenvalue weighted by molar-refractivity contribution is 0.0473. The van der Waals surface area contributed by atoms with Crippen LogP contribution in [-0.2, 0) is 20.3 Å². The Labute approximate surface area is 139 Å². The largest absolute Gasteiger partial charge is 0.454 e. The van der Waals surface area contributed by atoms with Crippen LogP contribution in [0.3, 0.4) is 0 Å². The van der Waals surface area contributed by atoms with Gasteiger partial charge in [-0.2, -0.15) is 0 Å². The van der Waals surface area contributed by atoms with Gasteiger partial charge in [-0.1, -0.05) is 24.3 Å². The Morgan fingerprint density at radius 2 is 1.67 bits per heavy atom. The first kappa shape index (κ1) is 17.8. The number of hydrogen-bond donors (Lipinski definition) is 0. The first-order valence-corrected chi connectivity index (χ1v) is 9.04. The van der Waals surface area contributed by atoms with E-state index in [1.807, 2.05) is 0 Å². The quantitative estimate of drug-likeness (QED) is 0.591. The molecule has 0 saturated carbocycles. The lowest BCUT2D eigenvalue weighted by atomic mass is 10.1. The Hall–Kier alpha value is -2.54. The summed E-state index contributed by atoms with van der Waals surface area (Å²) >= 11 is 0. The molecule has 24 heavy (non-hydrogen) atoms. The van der Waals surface area contributed by atoms with Crippen LogP contribution in [0.1, 0.15) is 26.3 Å². The summed E-state index contributed by atoms with van der Waals surface area (Å²) < 4.78 is 40.7. The number of halogens is 1. The number of hydrogen-bond acceptors (Lipinski definition) is 5. The van der Waals surface area contributed by atoms with Crippen LogP contribution in [0.25, 0.3) is 0 Å². The topological polar surface area (TPSA) is 77.5 Å². The van der Waals surface area contributed by atoms with E-state index in [0.29, 0.717) is 5.56 Å². The zero-order chi connectivity index (χ0) is 17.7. The molecular weight excluding hydrogens is 335 g/mol. The van der Waals surface area contributed by atoms with E-state index >= 15 is 0 Å². The molecule has 0 N–H and O–H groups in total. The van der Waals surface area contributed by atoms with Crippen molar-refractivity contribution in [2.75, 3.05) is 12.9 Å². The molecule has 0 bridgehead atoms. The van der Waals surface area contributed by atoms with Crippen molar-refractivity contribution < 1.29 is 27.1 Å². The molecule has 0 heterocycles. The molecule has 2 aromatic rings. The van der Waals surface area contributed by atoms with Gasteiger partial charge in [-0.25, -0.2) is 17.6 Å². The molecule has 0 spiro atoms. The van der Waals surface area contributed by atoms with Gasteiger partial charge in [-0.15, -0.1) is 0 Å². The first-order chi connectivity index (χ1) is 11.3. The highest BCUT2D eigenvalue weighted by molar-refractivity contribution is 7.89. The molecule has 2 aromatic carbocycles. The molecule has 5 nitrogen and oxygen atoms in total. The summed E-state index contributed by atoms with van der Waals surface area (Å²) in [5.41, 5.74) is 0.568. The van der Waals surface area contributed by atoms with E-state index in [2.05, 4.69) is 0 Å². The van der Waals surface area contributed by atoms with Gasteiger partial charge in [-0.05, 0) is 29.8 Å². The molecule has 0 aliphatic rings. The molecule has 2 rings (SSSR count). The smallest absolute Gasteiger partial charge is 0.338 e. The van der Waals surface area contributed by atoms with Crippen molar-refractivity contribution in [3.8, 4) is 0 Å². The van der Waals surface area contributed by atoms with Crippen molar-refractivity contribution in [2.45, 2.75) is 5.75 Å². The minimum atomic E-state index is -3.16. The predicted molar refractivity (Wildman–Crippen MR) is 86.0 cm³/mol. The molecular formula is C17H15FO5S. The van der Waals surface area contributed by atoms with Crippen LogP contribution in [0.15, 0.2) is 48.5 Å². The van der Waals surface area contributed by atoms with Crippen molar-refractivity contribution in [3.05, 3.63) is 71.0 Å². The summed E-state index contributed by atoms with van der Waals surface area (Å²) in [4.78, 5) is 23.7. The highest BCUT2D eigenvalue weighted by atomic mass is 32.2. The molecule has 0 aliphatic heterocycles. The number of sulfone groups is 1. The molecule has 7 heteroatoms. The summed E-state index contributed by atoms with van der Waals surface area (Å²) in [6.45, 7) is -0.579. The van der Waals surface area contributed by atoms with Gasteiger partial charge in [0.1, 0.15) is 5.82 Å². The van der Waals surface area contributed by atoms with Crippen molar-refractivity contribution in [3.63, 3.8) is 0 Å². The molecule has 0 saturated heterocycles. The number of ketones is 1. The first-order valence-electron chi connectivity index (χ1n) is 6.98. The summed E-state index contributed by atoms with van der Waals surface area (Å²) in [5, 5.41) is 0. The van der Waals surface area contributed by atoms with Crippen molar-refractivity contribution in [1.29, 1.82) is 0 Å². The lowest BCUT2D eigenvalue weighted by Crippen LogP contribution is -2.15. The average Bonchev–Trinajstić information content (AvgIpc) is 2.52. The number of esters is 1. The van der Waals surface area contributed by atoms with Gasteiger partial charge in [0.2, 0.25) is 5.78 Å². The van der Waals surface area contributed by atoms with Gasteiger partial charge in [0, 0.05) is 6.26 Å². The Bertz CT molecular complexity index is 857. The third-order valence-corrected chi connectivity index (χ3v) is 3.98. The molecule has 0 amide bonds. The molecule has 0 fully saturated rings. The molecule has 0 aliphatic carbocycles. The molecule has 126 valence electrons. The van der Waals surface area contributed by atoms with E-state index in [0.717, 1.165) is 12.3 Å². The lowest BCUT2D eigenvalue weighted by Gasteiger charge is -2.06. The molecule has 0 unspecified atom stereocenters. The molecule has 0 radical (unpaired) electrons. The number of ether oxygens (including phenoxy) is 1. The van der Waals surface area contributed by atoms with E-state index in [4.69, 9.17) is 4.74 Å². The highest BCUT2D eigenvalue weighted by Gasteiger charge is 2.15.